The lowest BCUT2D eigenvalue weighted by molar-refractivity contribution is 0.577. The first-order valence-electron chi connectivity index (χ1n) is 7.99. The molecule has 0 atom stereocenters. The molecule has 0 aromatic carbocycles. The molecule has 2 aromatic rings. The number of hydrogen-bond acceptors (Lipinski definition) is 7. The van der Waals surface area contributed by atoms with E-state index in [0.717, 1.165) is 5.82 Å². The van der Waals surface area contributed by atoms with Crippen LogP contribution in [0.1, 0.15) is 25.7 Å². The molecule has 138 valence electrons. The van der Waals surface area contributed by atoms with Crippen molar-refractivity contribution in [3.63, 3.8) is 0 Å². The average molecular weight is 367 g/mol. The van der Waals surface area contributed by atoms with Crippen LogP contribution >= 0.6 is 0 Å². The molecule has 9 nitrogen and oxygen atoms in total. The third-order valence-electron chi connectivity index (χ3n) is 3.46. The van der Waals surface area contributed by atoms with Crippen LogP contribution in [-0.4, -0.2) is 55.1 Å². The first-order chi connectivity index (χ1) is 11.7. The van der Waals surface area contributed by atoms with Crippen LogP contribution in [0.5, 0.6) is 0 Å². The Morgan fingerprint density at radius 2 is 1.96 bits per heavy atom. The van der Waals surface area contributed by atoms with E-state index in [0.29, 0.717) is 18.2 Å². The van der Waals surface area contributed by atoms with Crippen molar-refractivity contribution in [3.05, 3.63) is 24.4 Å². The first kappa shape index (κ1) is 19.1. The number of hydrogen-bond donors (Lipinski definition) is 2. The van der Waals surface area contributed by atoms with Gasteiger partial charge in [0, 0.05) is 45.5 Å². The molecule has 2 rings (SSSR count). The highest BCUT2D eigenvalue weighted by Crippen LogP contribution is 2.13. The molecule has 0 saturated carbocycles. The van der Waals surface area contributed by atoms with Gasteiger partial charge in [0.25, 0.3) is 10.0 Å². The van der Waals surface area contributed by atoms with Crippen LogP contribution < -0.4 is 14.9 Å². The Morgan fingerprint density at radius 1 is 1.24 bits per heavy atom. The van der Waals surface area contributed by atoms with Gasteiger partial charge in [-0.15, -0.1) is 0 Å². The highest BCUT2D eigenvalue weighted by atomic mass is 32.2. The van der Waals surface area contributed by atoms with Crippen molar-refractivity contribution in [3.8, 4) is 0 Å². The summed E-state index contributed by atoms with van der Waals surface area (Å²) in [5.74, 6) is 2.09. The lowest BCUT2D eigenvalue weighted by Crippen LogP contribution is -2.29. The number of aromatic nitrogens is 4. The van der Waals surface area contributed by atoms with Crippen molar-refractivity contribution in [1.29, 1.82) is 0 Å². The zero-order chi connectivity index (χ0) is 18.6. The predicted octanol–water partition coefficient (Wildman–Crippen LogP) is 1.02. The predicted molar refractivity (Wildman–Crippen MR) is 97.4 cm³/mol. The van der Waals surface area contributed by atoms with Gasteiger partial charge >= 0.3 is 0 Å². The fraction of sp³-hybridized carbons (Fsp3) is 0.533. The second kappa shape index (κ2) is 7.79. The van der Waals surface area contributed by atoms with Gasteiger partial charge in [-0.25, -0.2) is 28.1 Å². The molecule has 0 fully saturated rings. The molecule has 0 aliphatic carbocycles. The van der Waals surface area contributed by atoms with Crippen molar-refractivity contribution >= 4 is 21.7 Å². The minimum absolute atomic E-state index is 0.0222. The number of sulfonamides is 1. The van der Waals surface area contributed by atoms with Gasteiger partial charge in [-0.2, -0.15) is 0 Å². The SMILES string of the molecule is Cc1nc(NCCNS(=O)(=O)c2cn(C(C)C)cn2)cc(N(C)C)n1. The maximum absolute atomic E-state index is 12.2. The van der Waals surface area contributed by atoms with Crippen molar-refractivity contribution in [2.24, 2.45) is 0 Å². The van der Waals surface area contributed by atoms with Gasteiger partial charge in [0.05, 0.1) is 6.33 Å². The quantitative estimate of drug-likeness (QED) is 0.671. The third-order valence-corrected chi connectivity index (χ3v) is 4.80. The summed E-state index contributed by atoms with van der Waals surface area (Å²) >= 11 is 0. The van der Waals surface area contributed by atoms with Gasteiger partial charge in [-0.1, -0.05) is 0 Å². The average Bonchev–Trinajstić information content (AvgIpc) is 3.02. The number of imidazole rings is 1. The van der Waals surface area contributed by atoms with Gasteiger partial charge in [0.1, 0.15) is 17.5 Å². The number of nitrogens with one attached hydrogen (secondary N) is 2. The molecular weight excluding hydrogens is 342 g/mol. The van der Waals surface area contributed by atoms with Crippen LogP contribution in [0.2, 0.25) is 0 Å². The molecule has 0 radical (unpaired) electrons. The lowest BCUT2D eigenvalue weighted by Gasteiger charge is -2.14. The molecule has 0 saturated heterocycles. The maximum atomic E-state index is 12.2. The zero-order valence-electron chi connectivity index (χ0n) is 15.2. The molecule has 2 N–H and O–H groups in total. The minimum atomic E-state index is -3.62. The van der Waals surface area contributed by atoms with Crippen molar-refractivity contribution in [2.75, 3.05) is 37.4 Å². The molecule has 0 amide bonds. The fourth-order valence-electron chi connectivity index (χ4n) is 2.06. The summed E-state index contributed by atoms with van der Waals surface area (Å²) in [6.45, 7) is 6.35. The number of rotatable bonds is 8. The second-order valence-electron chi connectivity index (χ2n) is 6.13. The summed E-state index contributed by atoms with van der Waals surface area (Å²) in [7, 11) is 0.177. The molecule has 10 heteroatoms. The van der Waals surface area contributed by atoms with E-state index in [9.17, 15) is 8.42 Å². The molecule has 25 heavy (non-hydrogen) atoms. The zero-order valence-corrected chi connectivity index (χ0v) is 16.0. The summed E-state index contributed by atoms with van der Waals surface area (Å²) < 4.78 is 28.7. The summed E-state index contributed by atoms with van der Waals surface area (Å²) in [5.41, 5.74) is 0. The van der Waals surface area contributed by atoms with Crippen molar-refractivity contribution in [1.82, 2.24) is 24.2 Å². The van der Waals surface area contributed by atoms with E-state index in [1.807, 2.05) is 45.8 Å². The molecule has 0 aliphatic rings. The Morgan fingerprint density at radius 3 is 2.56 bits per heavy atom. The van der Waals surface area contributed by atoms with Gasteiger partial charge in [0.2, 0.25) is 0 Å². The maximum Gasteiger partial charge on any atom is 0.259 e. The van der Waals surface area contributed by atoms with E-state index in [2.05, 4.69) is 25.0 Å². The second-order valence-corrected chi connectivity index (χ2v) is 7.84. The Labute approximate surface area is 148 Å². The van der Waals surface area contributed by atoms with Crippen molar-refractivity contribution in [2.45, 2.75) is 31.8 Å². The van der Waals surface area contributed by atoms with Crippen LogP contribution in [0.3, 0.4) is 0 Å². The number of anilines is 2. The van der Waals surface area contributed by atoms with Crippen LogP contribution in [0.4, 0.5) is 11.6 Å². The van der Waals surface area contributed by atoms with E-state index in [1.54, 1.807) is 4.57 Å². The molecule has 2 aromatic heterocycles. The molecule has 0 unspecified atom stereocenters. The Kier molecular flexibility index (Phi) is 5.96. The van der Waals surface area contributed by atoms with Crippen LogP contribution in [0, 0.1) is 6.92 Å². The lowest BCUT2D eigenvalue weighted by atomic mass is 10.4. The molecule has 0 bridgehead atoms. The van der Waals surface area contributed by atoms with Gasteiger partial charge in [-0.3, -0.25) is 0 Å². The highest BCUT2D eigenvalue weighted by molar-refractivity contribution is 7.89. The summed E-state index contributed by atoms with van der Waals surface area (Å²) in [6, 6.07) is 1.97. The van der Waals surface area contributed by atoms with E-state index in [-0.39, 0.29) is 17.6 Å². The first-order valence-corrected chi connectivity index (χ1v) is 9.47. The van der Waals surface area contributed by atoms with Crippen molar-refractivity contribution < 1.29 is 8.42 Å². The Balaban J connectivity index is 1.92. The summed E-state index contributed by atoms with van der Waals surface area (Å²) in [4.78, 5) is 14.4. The van der Waals surface area contributed by atoms with Crippen LogP contribution in [0.25, 0.3) is 0 Å². The molecule has 0 aliphatic heterocycles. The van der Waals surface area contributed by atoms with E-state index >= 15 is 0 Å². The minimum Gasteiger partial charge on any atom is -0.369 e. The molecule has 0 spiro atoms. The third kappa shape index (κ3) is 5.13. The largest absolute Gasteiger partial charge is 0.369 e. The smallest absolute Gasteiger partial charge is 0.259 e. The van der Waals surface area contributed by atoms with Gasteiger partial charge < -0.3 is 14.8 Å². The topological polar surface area (TPSA) is 105 Å². The summed E-state index contributed by atoms with van der Waals surface area (Å²) in [5, 5.41) is 3.12. The van der Waals surface area contributed by atoms with E-state index in [4.69, 9.17) is 0 Å². The van der Waals surface area contributed by atoms with Crippen LogP contribution in [0.15, 0.2) is 23.6 Å². The molecular formula is C15H25N7O2S. The van der Waals surface area contributed by atoms with E-state index < -0.39 is 10.0 Å². The number of aryl methyl sites for hydroxylation is 1. The monoisotopic (exact) mass is 367 g/mol. The number of nitrogens with zero attached hydrogens (tertiary/aromatic N) is 5. The fourth-order valence-corrected chi connectivity index (χ4v) is 3.03. The Hall–Kier alpha value is -2.20. The van der Waals surface area contributed by atoms with E-state index in [1.165, 1.54) is 12.5 Å². The van der Waals surface area contributed by atoms with Gasteiger partial charge in [0.15, 0.2) is 5.03 Å². The normalized spacial score (nSPS) is 11.8. The van der Waals surface area contributed by atoms with Gasteiger partial charge in [-0.05, 0) is 20.8 Å². The summed E-state index contributed by atoms with van der Waals surface area (Å²) in [6.07, 6.45) is 3.04. The Bertz CT molecular complexity index is 815. The highest BCUT2D eigenvalue weighted by Gasteiger charge is 2.17. The molecule has 2 heterocycles. The van der Waals surface area contributed by atoms with Crippen LogP contribution in [-0.2, 0) is 10.0 Å². The standard InChI is InChI=1S/C15H25N7O2S/c1-11(2)22-9-15(17-10-22)25(23,24)18-7-6-16-13-8-14(21(4)5)20-12(3)19-13/h8-11,18H,6-7H2,1-5H3,(H,16,19,20).